The van der Waals surface area contributed by atoms with Gasteiger partial charge < -0.3 is 14.6 Å². The van der Waals surface area contributed by atoms with Crippen molar-refractivity contribution in [2.45, 2.75) is 26.2 Å². The third-order valence-corrected chi connectivity index (χ3v) is 5.21. The molecule has 0 saturated heterocycles. The van der Waals surface area contributed by atoms with Crippen LogP contribution in [0.2, 0.25) is 0 Å². The van der Waals surface area contributed by atoms with Gasteiger partial charge in [0.05, 0.1) is 30.5 Å². The number of methoxy groups -OCH3 is 1. The van der Waals surface area contributed by atoms with Crippen LogP contribution in [0, 0.1) is 0 Å². The zero-order valence-electron chi connectivity index (χ0n) is 16.6. The van der Waals surface area contributed by atoms with E-state index in [1.807, 2.05) is 49.4 Å². The molecular formula is C24H23NO4. The topological polar surface area (TPSA) is 68.7 Å². The van der Waals surface area contributed by atoms with Gasteiger partial charge in [-0.1, -0.05) is 24.3 Å². The van der Waals surface area contributed by atoms with Crippen molar-refractivity contribution in [1.29, 1.82) is 0 Å². The van der Waals surface area contributed by atoms with E-state index in [0.29, 0.717) is 34.6 Å². The number of benzene rings is 2. The third kappa shape index (κ3) is 3.56. The largest absolute Gasteiger partial charge is 0.493 e. The lowest BCUT2D eigenvalue weighted by atomic mass is 9.86. The summed E-state index contributed by atoms with van der Waals surface area (Å²) < 4.78 is 11.1. The fraction of sp³-hybridized carbons (Fsp3) is 0.250. The number of carboxylic acids is 1. The minimum absolute atomic E-state index is 0.375. The Kier molecular flexibility index (Phi) is 5.21. The SMILES string of the molecule is CCOc1ccc(C=C2CCCc3c2nc2ccccc2c3C(=O)O)cc1OC. The molecule has 0 radical (unpaired) electrons. The van der Waals surface area contributed by atoms with Crippen LogP contribution >= 0.6 is 0 Å². The Hall–Kier alpha value is -3.34. The number of aromatic carboxylic acids is 1. The lowest BCUT2D eigenvalue weighted by molar-refractivity contribution is 0.0697. The van der Waals surface area contributed by atoms with E-state index in [4.69, 9.17) is 14.5 Å². The van der Waals surface area contributed by atoms with Gasteiger partial charge in [0, 0.05) is 5.39 Å². The first-order valence-electron chi connectivity index (χ1n) is 9.79. The van der Waals surface area contributed by atoms with E-state index < -0.39 is 5.97 Å². The van der Waals surface area contributed by atoms with Gasteiger partial charge in [-0.15, -0.1) is 0 Å². The number of hydrogen-bond acceptors (Lipinski definition) is 4. The summed E-state index contributed by atoms with van der Waals surface area (Å²) in [5.74, 6) is 0.484. The van der Waals surface area contributed by atoms with E-state index >= 15 is 0 Å². The predicted molar refractivity (Wildman–Crippen MR) is 114 cm³/mol. The first-order valence-corrected chi connectivity index (χ1v) is 9.79. The maximum atomic E-state index is 12.1. The molecule has 1 aromatic heterocycles. The minimum Gasteiger partial charge on any atom is -0.493 e. The Morgan fingerprint density at radius 3 is 2.76 bits per heavy atom. The number of ether oxygens (including phenoxy) is 2. The van der Waals surface area contributed by atoms with E-state index in [0.717, 1.165) is 41.7 Å². The number of hydrogen-bond donors (Lipinski definition) is 1. The van der Waals surface area contributed by atoms with Crippen molar-refractivity contribution in [3.8, 4) is 11.5 Å². The molecule has 1 N–H and O–H groups in total. The molecule has 1 heterocycles. The maximum Gasteiger partial charge on any atom is 0.336 e. The van der Waals surface area contributed by atoms with Crippen LogP contribution in [0.5, 0.6) is 11.5 Å². The Morgan fingerprint density at radius 2 is 2.00 bits per heavy atom. The van der Waals surface area contributed by atoms with Crippen LogP contribution in [0.15, 0.2) is 42.5 Å². The van der Waals surface area contributed by atoms with E-state index in [-0.39, 0.29) is 0 Å². The summed E-state index contributed by atoms with van der Waals surface area (Å²) in [7, 11) is 1.62. The van der Waals surface area contributed by atoms with E-state index in [9.17, 15) is 9.90 Å². The normalized spacial score (nSPS) is 14.6. The molecule has 0 fully saturated rings. The molecule has 0 atom stereocenters. The molecule has 4 rings (SSSR count). The van der Waals surface area contributed by atoms with E-state index in [2.05, 4.69) is 6.08 Å². The molecular weight excluding hydrogens is 366 g/mol. The minimum atomic E-state index is -0.899. The first-order chi connectivity index (χ1) is 14.1. The number of carbonyl (C=O) groups is 1. The summed E-state index contributed by atoms with van der Waals surface area (Å²) in [4.78, 5) is 16.9. The number of pyridine rings is 1. The zero-order valence-corrected chi connectivity index (χ0v) is 16.6. The van der Waals surface area contributed by atoms with Crippen LogP contribution in [0.4, 0.5) is 0 Å². The molecule has 0 saturated carbocycles. The van der Waals surface area contributed by atoms with Gasteiger partial charge in [0.15, 0.2) is 11.5 Å². The van der Waals surface area contributed by atoms with Gasteiger partial charge in [0.1, 0.15) is 0 Å². The average molecular weight is 389 g/mol. The Balaban J connectivity index is 1.86. The molecule has 2 aromatic carbocycles. The van der Waals surface area contributed by atoms with Crippen molar-refractivity contribution in [3.05, 3.63) is 64.8 Å². The molecule has 0 aliphatic heterocycles. The van der Waals surface area contributed by atoms with Crippen molar-refractivity contribution in [2.24, 2.45) is 0 Å². The van der Waals surface area contributed by atoms with Gasteiger partial charge in [-0.05, 0) is 67.2 Å². The Labute approximate surface area is 169 Å². The fourth-order valence-corrected chi connectivity index (χ4v) is 3.97. The molecule has 1 aliphatic carbocycles. The van der Waals surface area contributed by atoms with Gasteiger partial charge in [-0.25, -0.2) is 9.78 Å². The summed E-state index contributed by atoms with van der Waals surface area (Å²) in [6, 6.07) is 13.3. The van der Waals surface area contributed by atoms with E-state index in [1.54, 1.807) is 7.11 Å². The Morgan fingerprint density at radius 1 is 1.17 bits per heavy atom. The van der Waals surface area contributed by atoms with Crippen molar-refractivity contribution in [3.63, 3.8) is 0 Å². The van der Waals surface area contributed by atoms with Crippen LogP contribution in [0.1, 0.15) is 46.9 Å². The molecule has 0 spiro atoms. The van der Waals surface area contributed by atoms with Gasteiger partial charge in [0.2, 0.25) is 0 Å². The first kappa shape index (κ1) is 19.0. The number of nitrogens with zero attached hydrogens (tertiary/aromatic N) is 1. The van der Waals surface area contributed by atoms with Crippen LogP contribution in [-0.4, -0.2) is 29.8 Å². The molecule has 0 bridgehead atoms. The standard InChI is InChI=1S/C24H23NO4/c1-3-29-20-12-11-15(14-21(20)28-2)13-16-7-6-9-18-22(24(26)27)17-8-4-5-10-19(17)25-23(16)18/h4-5,8,10-14H,3,6-7,9H2,1-2H3,(H,26,27). The van der Waals surface area contributed by atoms with Gasteiger partial charge in [0.25, 0.3) is 0 Å². The summed E-state index contributed by atoms with van der Waals surface area (Å²) in [5, 5.41) is 10.6. The van der Waals surface area contributed by atoms with Crippen molar-refractivity contribution in [1.82, 2.24) is 4.98 Å². The highest BCUT2D eigenvalue weighted by Crippen LogP contribution is 2.37. The predicted octanol–water partition coefficient (Wildman–Crippen LogP) is 5.22. The molecule has 5 heteroatoms. The van der Waals surface area contributed by atoms with Crippen molar-refractivity contribution >= 4 is 28.5 Å². The van der Waals surface area contributed by atoms with Crippen LogP contribution < -0.4 is 9.47 Å². The maximum absolute atomic E-state index is 12.1. The lowest BCUT2D eigenvalue weighted by Gasteiger charge is -2.21. The molecule has 29 heavy (non-hydrogen) atoms. The van der Waals surface area contributed by atoms with Gasteiger partial charge in [-0.3, -0.25) is 0 Å². The number of allylic oxidation sites excluding steroid dienone is 1. The number of fused-ring (bicyclic) bond motifs is 2. The second kappa shape index (κ2) is 7.95. The average Bonchev–Trinajstić information content (AvgIpc) is 2.73. The van der Waals surface area contributed by atoms with Crippen LogP contribution in [0.25, 0.3) is 22.6 Å². The van der Waals surface area contributed by atoms with E-state index in [1.165, 1.54) is 0 Å². The summed E-state index contributed by atoms with van der Waals surface area (Å²) >= 11 is 0. The van der Waals surface area contributed by atoms with Crippen LogP contribution in [-0.2, 0) is 6.42 Å². The van der Waals surface area contributed by atoms with Crippen molar-refractivity contribution in [2.75, 3.05) is 13.7 Å². The highest BCUT2D eigenvalue weighted by atomic mass is 16.5. The Bertz CT molecular complexity index is 1120. The highest BCUT2D eigenvalue weighted by Gasteiger charge is 2.24. The second-order valence-electron chi connectivity index (χ2n) is 7.00. The molecule has 5 nitrogen and oxygen atoms in total. The lowest BCUT2D eigenvalue weighted by Crippen LogP contribution is -2.13. The summed E-state index contributed by atoms with van der Waals surface area (Å²) in [6.45, 7) is 2.50. The van der Waals surface area contributed by atoms with Gasteiger partial charge in [-0.2, -0.15) is 0 Å². The zero-order chi connectivity index (χ0) is 20.4. The number of carboxylic acid groups (broad SMARTS) is 1. The molecule has 148 valence electrons. The second-order valence-corrected chi connectivity index (χ2v) is 7.00. The van der Waals surface area contributed by atoms with Gasteiger partial charge >= 0.3 is 5.97 Å². The van der Waals surface area contributed by atoms with Crippen LogP contribution in [0.3, 0.4) is 0 Å². The summed E-state index contributed by atoms with van der Waals surface area (Å²) in [6.07, 6.45) is 4.54. The number of aromatic nitrogens is 1. The molecule has 0 amide bonds. The molecule has 1 aliphatic rings. The fourth-order valence-electron chi connectivity index (χ4n) is 3.97. The summed E-state index contributed by atoms with van der Waals surface area (Å²) in [5.41, 5.74) is 4.72. The quantitative estimate of drug-likeness (QED) is 0.648. The van der Waals surface area contributed by atoms with Crippen molar-refractivity contribution < 1.29 is 19.4 Å². The molecule has 0 unspecified atom stereocenters. The number of rotatable bonds is 5. The highest BCUT2D eigenvalue weighted by molar-refractivity contribution is 6.05. The third-order valence-electron chi connectivity index (χ3n) is 5.21. The smallest absolute Gasteiger partial charge is 0.336 e. The molecule has 3 aromatic rings. The monoisotopic (exact) mass is 389 g/mol. The number of para-hydroxylation sites is 1.